The maximum Gasteiger partial charge on any atom is 0.0624 e. The van der Waals surface area contributed by atoms with Crippen LogP contribution in [0.5, 0.6) is 0 Å². The van der Waals surface area contributed by atoms with E-state index in [0.717, 1.165) is 32.5 Å². The molecule has 4 nitrogen and oxygen atoms in total. The van der Waals surface area contributed by atoms with Gasteiger partial charge in [0.2, 0.25) is 0 Å². The van der Waals surface area contributed by atoms with Gasteiger partial charge in [-0.1, -0.05) is 20.8 Å². The third-order valence-corrected chi connectivity index (χ3v) is 3.14. The minimum Gasteiger partial charge on any atom is -0.383 e. The second kappa shape index (κ2) is 6.90. The summed E-state index contributed by atoms with van der Waals surface area (Å²) in [6.45, 7) is 9.37. The Kier molecular flexibility index (Phi) is 5.82. The predicted molar refractivity (Wildman–Crippen MR) is 74.8 cm³/mol. The highest BCUT2D eigenvalue weighted by atomic mass is 16.5. The summed E-state index contributed by atoms with van der Waals surface area (Å²) in [5.74, 6) is 0. The lowest BCUT2D eigenvalue weighted by Gasteiger charge is -2.25. The molecule has 0 unspecified atom stereocenters. The largest absolute Gasteiger partial charge is 0.383 e. The number of hydrogen-bond donors (Lipinski definition) is 1. The molecule has 0 aliphatic carbocycles. The zero-order valence-corrected chi connectivity index (χ0v) is 12.4. The number of nitrogens with one attached hydrogen (secondary N) is 1. The van der Waals surface area contributed by atoms with Gasteiger partial charge in [-0.2, -0.15) is 5.10 Å². The van der Waals surface area contributed by atoms with Crippen LogP contribution in [-0.2, 0) is 24.6 Å². The minimum absolute atomic E-state index is 0.229. The average Bonchev–Trinajstić information content (AvgIpc) is 2.65. The van der Waals surface area contributed by atoms with Crippen molar-refractivity contribution >= 4 is 0 Å². The standard InChI is InChI=1S/C14H27N3O/c1-6-12-9-13(17(4)16-12)10-14(2,3)11-15-7-8-18-5/h9,15H,6-8,10-11H2,1-5H3. The van der Waals surface area contributed by atoms with Crippen molar-refractivity contribution in [3.05, 3.63) is 17.5 Å². The van der Waals surface area contributed by atoms with Crippen molar-refractivity contribution in [3.8, 4) is 0 Å². The van der Waals surface area contributed by atoms with Gasteiger partial charge in [0.15, 0.2) is 0 Å². The lowest BCUT2D eigenvalue weighted by Crippen LogP contribution is -2.33. The first-order valence-corrected chi connectivity index (χ1v) is 6.70. The van der Waals surface area contributed by atoms with Crippen LogP contribution in [0, 0.1) is 5.41 Å². The molecule has 1 heterocycles. The molecule has 104 valence electrons. The highest BCUT2D eigenvalue weighted by Gasteiger charge is 2.20. The van der Waals surface area contributed by atoms with Crippen LogP contribution in [0.1, 0.15) is 32.2 Å². The SMILES string of the molecule is CCc1cc(CC(C)(C)CNCCOC)n(C)n1. The summed E-state index contributed by atoms with van der Waals surface area (Å²) in [7, 11) is 3.76. The van der Waals surface area contributed by atoms with E-state index in [1.165, 1.54) is 11.4 Å². The molecular formula is C14H27N3O. The molecule has 0 aromatic carbocycles. The number of nitrogens with zero attached hydrogens (tertiary/aromatic N) is 2. The van der Waals surface area contributed by atoms with Gasteiger partial charge >= 0.3 is 0 Å². The Bertz CT molecular complexity index is 358. The molecule has 0 aliphatic rings. The first kappa shape index (κ1) is 15.2. The smallest absolute Gasteiger partial charge is 0.0624 e. The summed E-state index contributed by atoms with van der Waals surface area (Å²) >= 11 is 0. The van der Waals surface area contributed by atoms with E-state index >= 15 is 0 Å². The average molecular weight is 253 g/mol. The molecule has 1 aromatic rings. The number of rotatable bonds is 8. The van der Waals surface area contributed by atoms with Crippen molar-refractivity contribution in [2.45, 2.75) is 33.6 Å². The third kappa shape index (κ3) is 4.78. The summed E-state index contributed by atoms with van der Waals surface area (Å²) in [6.07, 6.45) is 2.04. The predicted octanol–water partition coefficient (Wildman–Crippen LogP) is 1.79. The van der Waals surface area contributed by atoms with E-state index < -0.39 is 0 Å². The van der Waals surface area contributed by atoms with Crippen molar-refractivity contribution in [1.82, 2.24) is 15.1 Å². The van der Waals surface area contributed by atoms with E-state index in [2.05, 4.69) is 37.3 Å². The molecule has 0 radical (unpaired) electrons. The molecule has 1 aromatic heterocycles. The second-order valence-corrected chi connectivity index (χ2v) is 5.61. The normalized spacial score (nSPS) is 12.1. The first-order valence-electron chi connectivity index (χ1n) is 6.70. The van der Waals surface area contributed by atoms with Gasteiger partial charge < -0.3 is 10.1 Å². The van der Waals surface area contributed by atoms with E-state index in [4.69, 9.17) is 4.74 Å². The van der Waals surface area contributed by atoms with Crippen LogP contribution >= 0.6 is 0 Å². The Morgan fingerprint density at radius 1 is 1.44 bits per heavy atom. The van der Waals surface area contributed by atoms with Gasteiger partial charge in [0.25, 0.3) is 0 Å². The Balaban J connectivity index is 2.50. The Morgan fingerprint density at radius 2 is 2.17 bits per heavy atom. The third-order valence-electron chi connectivity index (χ3n) is 3.14. The Labute approximate surface area is 111 Å². The second-order valence-electron chi connectivity index (χ2n) is 5.61. The lowest BCUT2D eigenvalue weighted by atomic mass is 9.87. The number of methoxy groups -OCH3 is 1. The Morgan fingerprint density at radius 3 is 2.72 bits per heavy atom. The zero-order chi connectivity index (χ0) is 13.6. The number of hydrogen-bond acceptors (Lipinski definition) is 3. The fourth-order valence-corrected chi connectivity index (χ4v) is 2.06. The van der Waals surface area contributed by atoms with Crippen molar-refractivity contribution < 1.29 is 4.74 Å². The van der Waals surface area contributed by atoms with Gasteiger partial charge in [0, 0.05) is 32.9 Å². The summed E-state index contributed by atoms with van der Waals surface area (Å²) in [4.78, 5) is 0. The van der Waals surface area contributed by atoms with Gasteiger partial charge in [-0.3, -0.25) is 4.68 Å². The van der Waals surface area contributed by atoms with E-state index in [0.29, 0.717) is 0 Å². The molecule has 0 fully saturated rings. The van der Waals surface area contributed by atoms with Gasteiger partial charge in [0.1, 0.15) is 0 Å². The maximum absolute atomic E-state index is 5.04. The van der Waals surface area contributed by atoms with Crippen LogP contribution in [0.15, 0.2) is 6.07 Å². The van der Waals surface area contributed by atoms with Crippen LogP contribution in [0.4, 0.5) is 0 Å². The molecule has 1 N–H and O–H groups in total. The molecule has 0 aliphatic heterocycles. The molecule has 0 amide bonds. The van der Waals surface area contributed by atoms with Crippen LogP contribution in [-0.4, -0.2) is 36.6 Å². The number of aryl methyl sites for hydroxylation is 2. The molecule has 0 saturated carbocycles. The zero-order valence-electron chi connectivity index (χ0n) is 12.4. The van der Waals surface area contributed by atoms with Crippen LogP contribution in [0.2, 0.25) is 0 Å². The van der Waals surface area contributed by atoms with Crippen molar-refractivity contribution in [2.24, 2.45) is 12.5 Å². The summed E-state index contributed by atoms with van der Waals surface area (Å²) in [5.41, 5.74) is 2.72. The summed E-state index contributed by atoms with van der Waals surface area (Å²) in [5, 5.41) is 7.93. The molecular weight excluding hydrogens is 226 g/mol. The molecule has 18 heavy (non-hydrogen) atoms. The monoisotopic (exact) mass is 253 g/mol. The van der Waals surface area contributed by atoms with Crippen molar-refractivity contribution in [2.75, 3.05) is 26.8 Å². The van der Waals surface area contributed by atoms with E-state index in [-0.39, 0.29) is 5.41 Å². The highest BCUT2D eigenvalue weighted by molar-refractivity contribution is 5.12. The molecule has 1 rings (SSSR count). The van der Waals surface area contributed by atoms with Gasteiger partial charge in [0.05, 0.1) is 12.3 Å². The van der Waals surface area contributed by atoms with Gasteiger partial charge in [-0.05, 0) is 24.3 Å². The molecule has 0 atom stereocenters. The minimum atomic E-state index is 0.229. The van der Waals surface area contributed by atoms with Gasteiger partial charge in [-0.15, -0.1) is 0 Å². The van der Waals surface area contributed by atoms with E-state index in [1.54, 1.807) is 7.11 Å². The fraction of sp³-hybridized carbons (Fsp3) is 0.786. The topological polar surface area (TPSA) is 39.1 Å². The van der Waals surface area contributed by atoms with E-state index in [1.807, 2.05) is 11.7 Å². The fourth-order valence-electron chi connectivity index (χ4n) is 2.06. The Hall–Kier alpha value is -0.870. The quantitative estimate of drug-likeness (QED) is 0.718. The number of aromatic nitrogens is 2. The summed E-state index contributed by atoms with van der Waals surface area (Å²) in [6, 6.07) is 2.22. The van der Waals surface area contributed by atoms with Crippen molar-refractivity contribution in [3.63, 3.8) is 0 Å². The number of ether oxygens (including phenoxy) is 1. The molecule has 0 bridgehead atoms. The molecule has 0 spiro atoms. The first-order chi connectivity index (χ1) is 8.48. The molecule has 0 saturated heterocycles. The summed E-state index contributed by atoms with van der Waals surface area (Å²) < 4.78 is 7.04. The van der Waals surface area contributed by atoms with Crippen LogP contribution in [0.3, 0.4) is 0 Å². The highest BCUT2D eigenvalue weighted by Crippen LogP contribution is 2.21. The maximum atomic E-state index is 5.04. The van der Waals surface area contributed by atoms with Crippen LogP contribution < -0.4 is 5.32 Å². The lowest BCUT2D eigenvalue weighted by molar-refractivity contribution is 0.193. The van der Waals surface area contributed by atoms with E-state index in [9.17, 15) is 0 Å². The van der Waals surface area contributed by atoms with Crippen molar-refractivity contribution in [1.29, 1.82) is 0 Å². The molecule has 4 heteroatoms. The van der Waals surface area contributed by atoms with Gasteiger partial charge in [-0.25, -0.2) is 0 Å². The van der Waals surface area contributed by atoms with Crippen LogP contribution in [0.25, 0.3) is 0 Å².